The number of nitrogens with zero attached hydrogens (tertiary/aromatic N) is 3. The molecule has 132 valence electrons. The Kier molecular flexibility index (Phi) is 6.28. The summed E-state index contributed by atoms with van der Waals surface area (Å²) in [5.41, 5.74) is 0. The Morgan fingerprint density at radius 2 is 1.65 bits per heavy atom. The highest BCUT2D eigenvalue weighted by molar-refractivity contribution is 5.78. The highest BCUT2D eigenvalue weighted by atomic mass is 16.5. The molecule has 6 nitrogen and oxygen atoms in total. The average Bonchev–Trinajstić information content (AvgIpc) is 2.58. The van der Waals surface area contributed by atoms with Gasteiger partial charge in [0.1, 0.15) is 0 Å². The maximum Gasteiger partial charge on any atom is 0.234 e. The number of likely N-dealkylation sites (N-methyl/N-ethyl adjacent to an activating group) is 1. The first-order valence-corrected chi connectivity index (χ1v) is 9.23. The van der Waals surface area contributed by atoms with E-state index >= 15 is 0 Å². The molecular formula is C17H32N4O2. The van der Waals surface area contributed by atoms with Crippen LogP contribution in [0.3, 0.4) is 0 Å². The van der Waals surface area contributed by atoms with Crippen molar-refractivity contribution < 1.29 is 9.53 Å². The third-order valence-corrected chi connectivity index (χ3v) is 5.59. The third-order valence-electron chi connectivity index (χ3n) is 5.59. The van der Waals surface area contributed by atoms with Gasteiger partial charge in [0.25, 0.3) is 0 Å². The summed E-state index contributed by atoms with van der Waals surface area (Å²) < 4.78 is 5.44. The quantitative estimate of drug-likeness (QED) is 0.788. The third kappa shape index (κ3) is 5.14. The number of amides is 1. The lowest BCUT2D eigenvalue weighted by Gasteiger charge is -2.39. The van der Waals surface area contributed by atoms with E-state index in [1.165, 1.54) is 12.8 Å². The Morgan fingerprint density at radius 3 is 2.30 bits per heavy atom. The lowest BCUT2D eigenvalue weighted by molar-refractivity contribution is -0.123. The van der Waals surface area contributed by atoms with Gasteiger partial charge in [-0.2, -0.15) is 0 Å². The monoisotopic (exact) mass is 324 g/mol. The van der Waals surface area contributed by atoms with Crippen molar-refractivity contribution >= 4 is 5.91 Å². The predicted molar refractivity (Wildman–Crippen MR) is 90.5 cm³/mol. The van der Waals surface area contributed by atoms with Crippen molar-refractivity contribution in [1.29, 1.82) is 0 Å². The predicted octanol–water partition coefficient (Wildman–Crippen LogP) is -0.00660. The molecule has 0 aromatic heterocycles. The van der Waals surface area contributed by atoms with Crippen molar-refractivity contribution in [2.24, 2.45) is 0 Å². The number of piperazine rings is 1. The summed E-state index contributed by atoms with van der Waals surface area (Å²) in [4.78, 5) is 19.4. The van der Waals surface area contributed by atoms with Crippen molar-refractivity contribution in [2.75, 3.05) is 66.1 Å². The minimum Gasteiger partial charge on any atom is -0.379 e. The molecule has 2 heterocycles. The Morgan fingerprint density at radius 1 is 1.00 bits per heavy atom. The fourth-order valence-electron chi connectivity index (χ4n) is 4.01. The number of hydrogen-bond acceptors (Lipinski definition) is 5. The van der Waals surface area contributed by atoms with Crippen LogP contribution in [0.5, 0.6) is 0 Å². The number of hydrogen-bond donors (Lipinski definition) is 1. The minimum atomic E-state index is 0.212. The molecule has 3 aliphatic rings. The van der Waals surface area contributed by atoms with Gasteiger partial charge in [-0.15, -0.1) is 0 Å². The molecule has 2 saturated heterocycles. The first-order valence-electron chi connectivity index (χ1n) is 9.23. The van der Waals surface area contributed by atoms with Gasteiger partial charge in [0, 0.05) is 51.4 Å². The Hall–Kier alpha value is -0.690. The summed E-state index contributed by atoms with van der Waals surface area (Å²) in [6.45, 7) is 8.62. The van der Waals surface area contributed by atoms with Crippen LogP contribution in [0.2, 0.25) is 0 Å². The second-order valence-electron chi connectivity index (χ2n) is 7.30. The number of carbonyl (C=O) groups excluding carboxylic acids is 1. The summed E-state index contributed by atoms with van der Waals surface area (Å²) >= 11 is 0. The Balaban J connectivity index is 1.34. The number of rotatable bonds is 4. The zero-order valence-electron chi connectivity index (χ0n) is 14.5. The molecule has 0 unspecified atom stereocenters. The molecule has 0 aromatic rings. The van der Waals surface area contributed by atoms with Crippen molar-refractivity contribution in [1.82, 2.24) is 20.0 Å². The van der Waals surface area contributed by atoms with E-state index in [1.54, 1.807) is 0 Å². The van der Waals surface area contributed by atoms with Gasteiger partial charge in [-0.05, 0) is 32.7 Å². The fraction of sp³-hybridized carbons (Fsp3) is 0.941. The van der Waals surface area contributed by atoms with E-state index in [9.17, 15) is 4.79 Å². The van der Waals surface area contributed by atoms with Crippen LogP contribution in [0.25, 0.3) is 0 Å². The highest BCUT2D eigenvalue weighted by Crippen LogP contribution is 2.23. The maximum atomic E-state index is 12.3. The van der Waals surface area contributed by atoms with E-state index in [0.29, 0.717) is 18.6 Å². The molecule has 2 aliphatic heterocycles. The van der Waals surface area contributed by atoms with Crippen molar-refractivity contribution in [3.63, 3.8) is 0 Å². The van der Waals surface area contributed by atoms with Gasteiger partial charge >= 0.3 is 0 Å². The molecule has 23 heavy (non-hydrogen) atoms. The van der Waals surface area contributed by atoms with Gasteiger partial charge in [0.05, 0.1) is 19.8 Å². The molecule has 0 bridgehead atoms. The molecule has 0 aromatic carbocycles. The molecule has 1 aliphatic carbocycles. The van der Waals surface area contributed by atoms with E-state index in [0.717, 1.165) is 65.3 Å². The van der Waals surface area contributed by atoms with Crippen LogP contribution >= 0.6 is 0 Å². The SMILES string of the molecule is CN1CCN(CC(=O)N[C@H]2CC[C@@H](N3CCOCC3)CC2)CC1. The normalized spacial score (nSPS) is 31.9. The first-order chi connectivity index (χ1) is 11.2. The van der Waals surface area contributed by atoms with Crippen LogP contribution < -0.4 is 5.32 Å². The summed E-state index contributed by atoms with van der Waals surface area (Å²) in [5, 5.41) is 3.26. The fourth-order valence-corrected chi connectivity index (χ4v) is 4.01. The molecule has 1 N–H and O–H groups in total. The van der Waals surface area contributed by atoms with Gasteiger partial charge in [-0.25, -0.2) is 0 Å². The zero-order valence-corrected chi connectivity index (χ0v) is 14.5. The van der Waals surface area contributed by atoms with E-state index in [2.05, 4.69) is 27.1 Å². The first kappa shape index (κ1) is 17.1. The molecule has 0 radical (unpaired) electrons. The second-order valence-corrected chi connectivity index (χ2v) is 7.30. The van der Waals surface area contributed by atoms with E-state index in [1.807, 2.05) is 0 Å². The maximum absolute atomic E-state index is 12.3. The average molecular weight is 324 g/mol. The number of morpholine rings is 1. The van der Waals surface area contributed by atoms with Crippen molar-refractivity contribution in [3.8, 4) is 0 Å². The lowest BCUT2D eigenvalue weighted by Crippen LogP contribution is -2.51. The summed E-state index contributed by atoms with van der Waals surface area (Å²) in [6.07, 6.45) is 4.66. The van der Waals surface area contributed by atoms with Crippen LogP contribution in [0, 0.1) is 0 Å². The standard InChI is InChI=1S/C17H32N4O2/c1-19-6-8-20(9-7-19)14-17(22)18-15-2-4-16(5-3-15)21-10-12-23-13-11-21/h15-16H,2-14H2,1H3,(H,18,22)/t15-,16+. The van der Waals surface area contributed by atoms with Crippen LogP contribution in [0.15, 0.2) is 0 Å². The second kappa shape index (κ2) is 8.42. The van der Waals surface area contributed by atoms with Gasteiger partial charge in [-0.1, -0.05) is 0 Å². The van der Waals surface area contributed by atoms with Crippen LogP contribution in [-0.2, 0) is 9.53 Å². The summed E-state index contributed by atoms with van der Waals surface area (Å²) in [7, 11) is 2.14. The van der Waals surface area contributed by atoms with Crippen LogP contribution in [-0.4, -0.2) is 98.8 Å². The summed E-state index contributed by atoms with van der Waals surface area (Å²) in [5.74, 6) is 0.212. The number of carbonyl (C=O) groups is 1. The molecule has 6 heteroatoms. The van der Waals surface area contributed by atoms with Crippen molar-refractivity contribution in [2.45, 2.75) is 37.8 Å². The Labute approximate surface area is 140 Å². The smallest absolute Gasteiger partial charge is 0.234 e. The van der Waals surface area contributed by atoms with E-state index < -0.39 is 0 Å². The van der Waals surface area contributed by atoms with Gasteiger partial charge < -0.3 is 15.0 Å². The number of ether oxygens (including phenoxy) is 1. The minimum absolute atomic E-state index is 0.212. The molecule has 1 saturated carbocycles. The van der Waals surface area contributed by atoms with Crippen LogP contribution in [0.1, 0.15) is 25.7 Å². The van der Waals surface area contributed by atoms with Gasteiger partial charge in [0.2, 0.25) is 5.91 Å². The highest BCUT2D eigenvalue weighted by Gasteiger charge is 2.28. The molecule has 3 fully saturated rings. The topological polar surface area (TPSA) is 48.0 Å². The summed E-state index contributed by atoms with van der Waals surface area (Å²) in [6, 6.07) is 1.08. The van der Waals surface area contributed by atoms with E-state index in [4.69, 9.17) is 4.74 Å². The molecule has 0 atom stereocenters. The van der Waals surface area contributed by atoms with Gasteiger partial charge in [-0.3, -0.25) is 14.6 Å². The lowest BCUT2D eigenvalue weighted by atomic mass is 9.90. The molecule has 0 spiro atoms. The van der Waals surface area contributed by atoms with Gasteiger partial charge in [0.15, 0.2) is 0 Å². The Bertz CT molecular complexity index is 371. The van der Waals surface area contributed by atoms with Crippen molar-refractivity contribution in [3.05, 3.63) is 0 Å². The largest absolute Gasteiger partial charge is 0.379 e. The molecule has 3 rings (SSSR count). The van der Waals surface area contributed by atoms with E-state index in [-0.39, 0.29) is 5.91 Å². The molecule has 1 amide bonds. The molecular weight excluding hydrogens is 292 g/mol. The zero-order chi connectivity index (χ0) is 16.1. The van der Waals surface area contributed by atoms with Crippen LogP contribution in [0.4, 0.5) is 0 Å². The number of nitrogens with one attached hydrogen (secondary N) is 1.